The third kappa shape index (κ3) is 2.19. The molecule has 1 atom stereocenters. The van der Waals surface area contributed by atoms with Gasteiger partial charge in [0.05, 0.1) is 0 Å². The van der Waals surface area contributed by atoms with Crippen molar-refractivity contribution in [1.29, 1.82) is 0 Å². The van der Waals surface area contributed by atoms with Gasteiger partial charge in [0, 0.05) is 11.1 Å². The molecule has 0 spiro atoms. The molecule has 0 bridgehead atoms. The highest BCUT2D eigenvalue weighted by atomic mass is 32.2. The molecule has 2 aromatic rings. The Labute approximate surface area is 104 Å². The van der Waals surface area contributed by atoms with Gasteiger partial charge in [-0.15, -0.1) is 0 Å². The number of hydrogen-bond donors (Lipinski definition) is 0. The van der Waals surface area contributed by atoms with Gasteiger partial charge in [0.1, 0.15) is 5.04 Å². The molecule has 2 aromatic carbocycles. The first kappa shape index (κ1) is 10.4. The van der Waals surface area contributed by atoms with Crippen LogP contribution >= 0.6 is 11.8 Å². The molecule has 1 aliphatic rings. The number of rotatable bonds is 2. The minimum Gasteiger partial charge on any atom is -0.375 e. The van der Waals surface area contributed by atoms with Crippen LogP contribution in [0.5, 0.6) is 0 Å². The number of benzene rings is 2. The molecule has 3 rings (SSSR count). The molecule has 2 nitrogen and oxygen atoms in total. The van der Waals surface area contributed by atoms with E-state index in [1.807, 2.05) is 48.5 Å². The van der Waals surface area contributed by atoms with E-state index in [0.717, 1.165) is 16.2 Å². The van der Waals surface area contributed by atoms with Crippen LogP contribution in [0.2, 0.25) is 0 Å². The Morgan fingerprint density at radius 1 is 0.882 bits per heavy atom. The monoisotopic (exact) mass is 241 g/mol. The third-order valence-corrected chi connectivity index (χ3v) is 3.65. The predicted molar refractivity (Wildman–Crippen MR) is 70.8 cm³/mol. The minimum atomic E-state index is -0.0218. The summed E-state index contributed by atoms with van der Waals surface area (Å²) in [6.07, 6.45) is 0. The van der Waals surface area contributed by atoms with Crippen molar-refractivity contribution >= 4 is 16.8 Å². The average Bonchev–Trinajstić information content (AvgIpc) is 2.90. The molecule has 0 fully saturated rings. The fourth-order valence-corrected chi connectivity index (χ4v) is 2.62. The van der Waals surface area contributed by atoms with Crippen molar-refractivity contribution in [3.05, 3.63) is 71.8 Å². The highest BCUT2D eigenvalue weighted by Crippen LogP contribution is 2.38. The Morgan fingerprint density at radius 2 is 1.53 bits per heavy atom. The van der Waals surface area contributed by atoms with Crippen LogP contribution in [0.3, 0.4) is 0 Å². The summed E-state index contributed by atoms with van der Waals surface area (Å²) in [5.41, 5.74) is 2.23. The standard InChI is InChI=1S/C14H11NOS/c1-3-7-11(8-4-1)13-15-16-14(17-13)12-9-5-2-6-10-12/h1-10,14H. The summed E-state index contributed by atoms with van der Waals surface area (Å²) < 4.78 is 0. The van der Waals surface area contributed by atoms with Crippen molar-refractivity contribution < 1.29 is 4.84 Å². The molecule has 1 unspecified atom stereocenters. The van der Waals surface area contributed by atoms with Gasteiger partial charge in [-0.1, -0.05) is 77.6 Å². The second-order valence-electron chi connectivity index (χ2n) is 3.73. The van der Waals surface area contributed by atoms with Gasteiger partial charge in [0.25, 0.3) is 0 Å². The van der Waals surface area contributed by atoms with Gasteiger partial charge in [-0.2, -0.15) is 0 Å². The maximum atomic E-state index is 5.46. The fourth-order valence-electron chi connectivity index (χ4n) is 1.68. The molecule has 0 amide bonds. The molecule has 3 heteroatoms. The van der Waals surface area contributed by atoms with E-state index in [9.17, 15) is 0 Å². The normalized spacial score (nSPS) is 18.6. The summed E-state index contributed by atoms with van der Waals surface area (Å²) in [5, 5.41) is 5.09. The second-order valence-corrected chi connectivity index (χ2v) is 4.78. The Balaban J connectivity index is 1.78. The van der Waals surface area contributed by atoms with E-state index in [1.165, 1.54) is 0 Å². The minimum absolute atomic E-state index is 0.0218. The van der Waals surface area contributed by atoms with Crippen LogP contribution in [0.15, 0.2) is 65.8 Å². The van der Waals surface area contributed by atoms with Crippen molar-refractivity contribution in [2.75, 3.05) is 0 Å². The van der Waals surface area contributed by atoms with Gasteiger partial charge in [-0.3, -0.25) is 0 Å². The van der Waals surface area contributed by atoms with E-state index in [1.54, 1.807) is 11.8 Å². The maximum absolute atomic E-state index is 5.46. The van der Waals surface area contributed by atoms with E-state index in [2.05, 4.69) is 17.3 Å². The second kappa shape index (κ2) is 4.63. The van der Waals surface area contributed by atoms with Crippen LogP contribution in [0.4, 0.5) is 0 Å². The quantitative estimate of drug-likeness (QED) is 0.797. The lowest BCUT2D eigenvalue weighted by atomic mass is 10.2. The summed E-state index contributed by atoms with van der Waals surface area (Å²) in [6, 6.07) is 20.2. The van der Waals surface area contributed by atoms with Crippen molar-refractivity contribution in [2.45, 2.75) is 5.44 Å². The van der Waals surface area contributed by atoms with Gasteiger partial charge in [-0.05, 0) is 0 Å². The molecule has 0 radical (unpaired) electrons. The maximum Gasteiger partial charge on any atom is 0.204 e. The number of thioether (sulfide) groups is 1. The van der Waals surface area contributed by atoms with Gasteiger partial charge in [0.2, 0.25) is 5.44 Å². The molecule has 1 aliphatic heterocycles. The van der Waals surface area contributed by atoms with Crippen LogP contribution in [0.25, 0.3) is 0 Å². The Kier molecular flexibility index (Phi) is 2.84. The Morgan fingerprint density at radius 3 is 2.24 bits per heavy atom. The lowest BCUT2D eigenvalue weighted by Crippen LogP contribution is -1.93. The van der Waals surface area contributed by atoms with Gasteiger partial charge in [-0.25, -0.2) is 0 Å². The van der Waals surface area contributed by atoms with Gasteiger partial charge < -0.3 is 4.84 Å². The zero-order valence-electron chi connectivity index (χ0n) is 9.11. The largest absolute Gasteiger partial charge is 0.375 e. The van der Waals surface area contributed by atoms with Crippen LogP contribution in [0, 0.1) is 0 Å². The Hall–Kier alpha value is -1.74. The Bertz CT molecular complexity index is 524. The van der Waals surface area contributed by atoms with Crippen LogP contribution in [-0.4, -0.2) is 5.04 Å². The predicted octanol–water partition coefficient (Wildman–Crippen LogP) is 3.81. The lowest BCUT2D eigenvalue weighted by Gasteiger charge is -2.06. The third-order valence-electron chi connectivity index (χ3n) is 2.54. The van der Waals surface area contributed by atoms with Crippen molar-refractivity contribution in [3.63, 3.8) is 0 Å². The smallest absolute Gasteiger partial charge is 0.204 e. The zero-order valence-corrected chi connectivity index (χ0v) is 9.93. The van der Waals surface area contributed by atoms with E-state index < -0.39 is 0 Å². The van der Waals surface area contributed by atoms with E-state index >= 15 is 0 Å². The SMILES string of the molecule is c1ccc(C2=NOC(c3ccccc3)S2)cc1. The molecule has 84 valence electrons. The summed E-state index contributed by atoms with van der Waals surface area (Å²) in [5.74, 6) is 0. The van der Waals surface area contributed by atoms with Crippen molar-refractivity contribution in [2.24, 2.45) is 5.16 Å². The van der Waals surface area contributed by atoms with Crippen LogP contribution in [-0.2, 0) is 4.84 Å². The van der Waals surface area contributed by atoms with Crippen LogP contribution in [0.1, 0.15) is 16.6 Å². The average molecular weight is 241 g/mol. The number of hydrogen-bond acceptors (Lipinski definition) is 3. The van der Waals surface area contributed by atoms with Gasteiger partial charge >= 0.3 is 0 Å². The van der Waals surface area contributed by atoms with Crippen LogP contribution < -0.4 is 0 Å². The van der Waals surface area contributed by atoms with E-state index in [-0.39, 0.29) is 5.44 Å². The molecule has 0 aliphatic carbocycles. The molecule has 0 aromatic heterocycles. The number of oxime groups is 1. The number of nitrogens with zero attached hydrogens (tertiary/aromatic N) is 1. The summed E-state index contributed by atoms with van der Waals surface area (Å²) in [7, 11) is 0. The molecule has 17 heavy (non-hydrogen) atoms. The highest BCUT2D eigenvalue weighted by molar-refractivity contribution is 8.14. The van der Waals surface area contributed by atoms with Crippen molar-refractivity contribution in [3.8, 4) is 0 Å². The molecule has 0 saturated carbocycles. The zero-order chi connectivity index (χ0) is 11.5. The molecule has 0 saturated heterocycles. The van der Waals surface area contributed by atoms with E-state index in [0.29, 0.717) is 0 Å². The molecular formula is C14H11NOS. The molecule has 1 heterocycles. The lowest BCUT2D eigenvalue weighted by molar-refractivity contribution is 0.131. The summed E-state index contributed by atoms with van der Waals surface area (Å²) >= 11 is 1.64. The summed E-state index contributed by atoms with van der Waals surface area (Å²) in [6.45, 7) is 0. The first-order valence-corrected chi connectivity index (χ1v) is 6.32. The fraction of sp³-hybridized carbons (Fsp3) is 0.0714. The first-order valence-electron chi connectivity index (χ1n) is 5.44. The molecule has 0 N–H and O–H groups in total. The molecular weight excluding hydrogens is 230 g/mol. The highest BCUT2D eigenvalue weighted by Gasteiger charge is 2.24. The van der Waals surface area contributed by atoms with Crippen molar-refractivity contribution in [1.82, 2.24) is 0 Å². The summed E-state index contributed by atoms with van der Waals surface area (Å²) in [4.78, 5) is 5.46. The van der Waals surface area contributed by atoms with E-state index in [4.69, 9.17) is 4.84 Å². The topological polar surface area (TPSA) is 21.6 Å². The first-order chi connectivity index (χ1) is 8.43. The van der Waals surface area contributed by atoms with Gasteiger partial charge in [0.15, 0.2) is 0 Å².